The van der Waals surface area contributed by atoms with Gasteiger partial charge in [-0.1, -0.05) is 16.5 Å². The monoisotopic (exact) mass is 445 g/mol. The number of H-pyrrole nitrogens is 1. The number of aromatic amines is 1. The van der Waals surface area contributed by atoms with Gasteiger partial charge in [-0.05, 0) is 35.4 Å². The van der Waals surface area contributed by atoms with Crippen LogP contribution in [-0.2, 0) is 25.3 Å². The minimum absolute atomic E-state index is 0.0261. The molecule has 1 aliphatic heterocycles. The molecule has 0 aliphatic carbocycles. The van der Waals surface area contributed by atoms with E-state index in [1.807, 2.05) is 12.1 Å². The molecule has 8 nitrogen and oxygen atoms in total. The largest absolute Gasteiger partial charge is 0.378 e. The van der Waals surface area contributed by atoms with Gasteiger partial charge in [-0.3, -0.25) is 14.8 Å². The van der Waals surface area contributed by atoms with Crippen LogP contribution in [0.25, 0.3) is 11.1 Å². The summed E-state index contributed by atoms with van der Waals surface area (Å²) in [6, 6.07) is 10.3. The van der Waals surface area contributed by atoms with E-state index in [-0.39, 0.29) is 21.4 Å². The van der Waals surface area contributed by atoms with E-state index in [0.29, 0.717) is 26.3 Å². The highest BCUT2D eigenvalue weighted by molar-refractivity contribution is 7.90. The summed E-state index contributed by atoms with van der Waals surface area (Å²) in [4.78, 5) is 21.5. The first-order valence-corrected chi connectivity index (χ1v) is 12.3. The highest BCUT2D eigenvalue weighted by Gasteiger charge is 2.24. The number of hydrogen-bond donors (Lipinski definition) is 1. The number of nitrogens with one attached hydrogen (secondary N) is 1. The zero-order valence-corrected chi connectivity index (χ0v) is 17.7. The molecule has 1 atom stereocenters. The molecule has 1 saturated heterocycles. The molecular weight excluding hydrogens is 424 g/mol. The fourth-order valence-corrected chi connectivity index (χ4v) is 5.88. The van der Waals surface area contributed by atoms with Gasteiger partial charge in [0, 0.05) is 36.0 Å². The van der Waals surface area contributed by atoms with Crippen molar-refractivity contribution >= 4 is 26.4 Å². The lowest BCUT2D eigenvalue weighted by Gasteiger charge is -2.25. The molecule has 0 bridgehead atoms. The molecular formula is C20H21N4O4S2+. The summed E-state index contributed by atoms with van der Waals surface area (Å²) in [6.45, 7) is 2.17. The molecule has 3 heterocycles. The molecule has 1 amide bonds. The van der Waals surface area contributed by atoms with Crippen LogP contribution in [0.5, 0.6) is 0 Å². The molecule has 1 fully saturated rings. The maximum absolute atomic E-state index is 12.8. The SMILES string of the molecule is O=C(C[s+]1cc[nH]c1=NS(=O)(=O)c1ccc(-c2ccncc2)cc1)N1CCOCC1. The van der Waals surface area contributed by atoms with Crippen molar-refractivity contribution in [3.63, 3.8) is 0 Å². The number of aromatic nitrogens is 2. The van der Waals surface area contributed by atoms with Crippen molar-refractivity contribution in [2.24, 2.45) is 4.40 Å². The lowest BCUT2D eigenvalue weighted by molar-refractivity contribution is -0.133. The topological polar surface area (TPSA) is 105 Å². The van der Waals surface area contributed by atoms with Gasteiger partial charge in [-0.2, -0.15) is 8.42 Å². The average molecular weight is 446 g/mol. The molecule has 1 N–H and O–H groups in total. The number of morpholine rings is 1. The van der Waals surface area contributed by atoms with E-state index in [0.717, 1.165) is 11.1 Å². The van der Waals surface area contributed by atoms with Gasteiger partial charge in [0.25, 0.3) is 15.9 Å². The number of ether oxygens (including phenoxy) is 1. The molecule has 1 unspecified atom stereocenters. The van der Waals surface area contributed by atoms with Crippen molar-refractivity contribution < 1.29 is 17.9 Å². The summed E-state index contributed by atoms with van der Waals surface area (Å²) >= 11 is 0. The maximum Gasteiger partial charge on any atom is 0.355 e. The molecule has 10 heteroatoms. The van der Waals surface area contributed by atoms with E-state index in [4.69, 9.17) is 4.74 Å². The smallest absolute Gasteiger partial charge is 0.355 e. The number of rotatable bonds is 5. The maximum atomic E-state index is 12.8. The highest BCUT2D eigenvalue weighted by Crippen LogP contribution is 2.22. The van der Waals surface area contributed by atoms with Gasteiger partial charge in [-0.25, -0.2) is 0 Å². The standard InChI is InChI=1S/C20H21N4O4S2/c25-19(24-10-12-28-13-11-24)15-29-14-9-22-20(29)23-30(26,27)18-3-1-16(2-4-18)17-5-7-21-8-6-17/h1-9,14H,10-13,15H2,(H,22,23)/q+1. The van der Waals surface area contributed by atoms with Gasteiger partial charge in [-0.15, -0.1) is 0 Å². The van der Waals surface area contributed by atoms with E-state index in [1.54, 1.807) is 41.0 Å². The summed E-state index contributed by atoms with van der Waals surface area (Å²) in [5, 5.41) is 1.79. The van der Waals surface area contributed by atoms with Crippen LogP contribution in [0, 0.1) is 0 Å². The minimum Gasteiger partial charge on any atom is -0.378 e. The van der Waals surface area contributed by atoms with Gasteiger partial charge in [0.15, 0.2) is 5.38 Å². The third-order valence-corrected chi connectivity index (χ3v) is 7.83. The second-order valence-electron chi connectivity index (χ2n) is 6.65. The third kappa shape index (κ3) is 4.66. The quantitative estimate of drug-likeness (QED) is 0.605. The van der Waals surface area contributed by atoms with Gasteiger partial charge >= 0.3 is 4.80 Å². The van der Waals surface area contributed by atoms with Crippen molar-refractivity contribution in [3.8, 4) is 11.1 Å². The molecule has 0 radical (unpaired) electrons. The fraction of sp³-hybridized carbons (Fsp3) is 0.250. The van der Waals surface area contributed by atoms with Crippen molar-refractivity contribution in [1.82, 2.24) is 14.9 Å². The lowest BCUT2D eigenvalue weighted by Crippen LogP contribution is -2.41. The van der Waals surface area contributed by atoms with Crippen LogP contribution in [-0.4, -0.2) is 55.5 Å². The minimum atomic E-state index is -3.90. The Morgan fingerprint density at radius 1 is 1.10 bits per heavy atom. The summed E-state index contributed by atoms with van der Waals surface area (Å²) in [6.07, 6.45) is 5.00. The Bertz CT molecular complexity index is 1180. The number of amides is 1. The molecule has 2 aromatic heterocycles. The number of sulfonamides is 1. The highest BCUT2D eigenvalue weighted by atomic mass is 32.2. The second-order valence-corrected chi connectivity index (χ2v) is 10.1. The first-order chi connectivity index (χ1) is 14.5. The van der Waals surface area contributed by atoms with Crippen LogP contribution in [0.3, 0.4) is 0 Å². The lowest BCUT2D eigenvalue weighted by atomic mass is 10.1. The number of benzene rings is 1. The Morgan fingerprint density at radius 3 is 2.47 bits per heavy atom. The van der Waals surface area contributed by atoms with Crippen molar-refractivity contribution in [3.05, 3.63) is 65.2 Å². The van der Waals surface area contributed by atoms with Gasteiger partial charge in [0.1, 0.15) is 0 Å². The molecule has 30 heavy (non-hydrogen) atoms. The normalized spacial score (nSPS) is 15.9. The zero-order valence-electron chi connectivity index (χ0n) is 16.1. The molecule has 1 aliphatic rings. The summed E-state index contributed by atoms with van der Waals surface area (Å²) in [5.74, 6) is 0.167. The Kier molecular flexibility index (Phi) is 6.07. The van der Waals surface area contributed by atoms with Crippen molar-refractivity contribution in [2.75, 3.05) is 26.3 Å². The first-order valence-electron chi connectivity index (χ1n) is 9.37. The van der Waals surface area contributed by atoms with Crippen LogP contribution in [0.1, 0.15) is 0 Å². The summed E-state index contributed by atoms with van der Waals surface area (Å²) in [7, 11) is -4.61. The van der Waals surface area contributed by atoms with Crippen molar-refractivity contribution in [2.45, 2.75) is 10.6 Å². The van der Waals surface area contributed by atoms with Crippen LogP contribution in [0.4, 0.5) is 0 Å². The van der Waals surface area contributed by atoms with E-state index < -0.39 is 20.5 Å². The number of carbonyl (C=O) groups is 1. The molecule has 156 valence electrons. The Balaban J connectivity index is 1.56. The van der Waals surface area contributed by atoms with Crippen LogP contribution in [0.15, 0.2) is 69.7 Å². The van der Waals surface area contributed by atoms with E-state index in [1.165, 1.54) is 12.1 Å². The number of thiazole rings is 1. The first kappa shape index (κ1) is 20.5. The zero-order chi connectivity index (χ0) is 21.0. The average Bonchev–Trinajstić information content (AvgIpc) is 3.21. The van der Waals surface area contributed by atoms with E-state index >= 15 is 0 Å². The Morgan fingerprint density at radius 2 is 1.77 bits per heavy atom. The van der Waals surface area contributed by atoms with Crippen LogP contribution >= 0.6 is 10.5 Å². The predicted molar refractivity (Wildman–Crippen MR) is 113 cm³/mol. The third-order valence-electron chi connectivity index (χ3n) is 4.70. The van der Waals surface area contributed by atoms with Gasteiger partial charge in [0.05, 0.1) is 24.3 Å². The summed E-state index contributed by atoms with van der Waals surface area (Å²) in [5.41, 5.74) is 1.84. The van der Waals surface area contributed by atoms with Crippen LogP contribution < -0.4 is 4.80 Å². The number of pyridine rings is 1. The molecule has 1 aromatic carbocycles. The Hall–Kier alpha value is -2.82. The molecule has 0 spiro atoms. The molecule has 0 saturated carbocycles. The van der Waals surface area contributed by atoms with Gasteiger partial charge < -0.3 is 9.64 Å². The van der Waals surface area contributed by atoms with E-state index in [2.05, 4.69) is 14.4 Å². The molecule has 3 aromatic rings. The Labute approximate surface area is 176 Å². The van der Waals surface area contributed by atoms with E-state index in [9.17, 15) is 13.2 Å². The fourth-order valence-electron chi connectivity index (χ4n) is 3.08. The summed E-state index contributed by atoms with van der Waals surface area (Å²) < 4.78 is 34.8. The van der Waals surface area contributed by atoms with Gasteiger partial charge in [0.2, 0.25) is 5.75 Å². The second kappa shape index (κ2) is 8.90. The molecule has 4 rings (SSSR count). The number of hydrogen-bond acceptors (Lipinski definition) is 5. The number of carbonyl (C=O) groups excluding carboxylic acids is 1. The number of nitrogens with zero attached hydrogens (tertiary/aromatic N) is 3. The van der Waals surface area contributed by atoms with Crippen molar-refractivity contribution in [1.29, 1.82) is 0 Å². The predicted octanol–water partition coefficient (Wildman–Crippen LogP) is 1.97. The van der Waals surface area contributed by atoms with Crippen LogP contribution in [0.2, 0.25) is 0 Å².